The second-order valence-corrected chi connectivity index (χ2v) is 7.10. The maximum Gasteiger partial charge on any atom is 0.295 e. The Hall–Kier alpha value is -3.38. The number of Topliss-reactive ketones (excluding diaryl/α,β-unsaturated/α-hetero) is 1. The first-order valence-electron chi connectivity index (χ1n) is 9.78. The van der Waals surface area contributed by atoms with E-state index < -0.39 is 17.7 Å². The van der Waals surface area contributed by atoms with Gasteiger partial charge in [-0.25, -0.2) is 0 Å². The third kappa shape index (κ3) is 4.28. The highest BCUT2D eigenvalue weighted by Gasteiger charge is 2.45. The molecule has 30 heavy (non-hydrogen) atoms. The van der Waals surface area contributed by atoms with Gasteiger partial charge in [0.05, 0.1) is 11.6 Å². The second kappa shape index (κ2) is 9.41. The monoisotopic (exact) mass is 407 g/mol. The summed E-state index contributed by atoms with van der Waals surface area (Å²) in [6.07, 6.45) is 1.97. The van der Waals surface area contributed by atoms with E-state index in [1.165, 1.54) is 4.90 Å². The molecule has 1 atom stereocenters. The fraction of sp³-hybridized carbons (Fsp3) is 0.250. The van der Waals surface area contributed by atoms with Gasteiger partial charge in [0.2, 0.25) is 0 Å². The zero-order chi connectivity index (χ0) is 21.7. The number of hydrogen-bond acceptors (Lipinski definition) is 5. The summed E-state index contributed by atoms with van der Waals surface area (Å²) >= 11 is 0. The van der Waals surface area contributed by atoms with Crippen LogP contribution in [-0.4, -0.2) is 46.6 Å². The van der Waals surface area contributed by atoms with Crippen LogP contribution < -0.4 is 4.74 Å². The summed E-state index contributed by atoms with van der Waals surface area (Å²) in [7, 11) is 0. The van der Waals surface area contributed by atoms with Crippen molar-refractivity contribution in [3.05, 3.63) is 83.4 Å². The lowest BCUT2D eigenvalue weighted by Gasteiger charge is -2.25. The summed E-state index contributed by atoms with van der Waals surface area (Å²) in [6.45, 7) is 6.01. The first-order valence-corrected chi connectivity index (χ1v) is 9.78. The van der Waals surface area contributed by atoms with Gasteiger partial charge in [0.25, 0.3) is 11.7 Å². The van der Waals surface area contributed by atoms with Gasteiger partial charge in [-0.15, -0.1) is 0 Å². The number of benzene rings is 2. The number of aliphatic hydroxyl groups excluding tert-OH is 2. The maximum absolute atomic E-state index is 12.8. The molecule has 1 unspecified atom stereocenters. The van der Waals surface area contributed by atoms with E-state index in [1.54, 1.807) is 30.3 Å². The zero-order valence-corrected chi connectivity index (χ0v) is 16.9. The van der Waals surface area contributed by atoms with Gasteiger partial charge in [-0.1, -0.05) is 42.5 Å². The number of ether oxygens (including phenoxy) is 1. The molecule has 0 bridgehead atoms. The Morgan fingerprint density at radius 3 is 2.40 bits per heavy atom. The van der Waals surface area contributed by atoms with Crippen LogP contribution in [0.25, 0.3) is 5.76 Å². The molecule has 1 heterocycles. The molecule has 2 N–H and O–H groups in total. The molecule has 1 amide bonds. The van der Waals surface area contributed by atoms with E-state index in [0.717, 1.165) is 11.1 Å². The number of likely N-dealkylation sites (tertiary alicyclic amines) is 1. The molecule has 1 aliphatic heterocycles. The molecule has 1 aliphatic rings. The Balaban J connectivity index is 2.05. The molecule has 0 radical (unpaired) electrons. The Bertz CT molecular complexity index is 960. The molecule has 0 aliphatic carbocycles. The van der Waals surface area contributed by atoms with Crippen LogP contribution in [0, 0.1) is 6.92 Å². The fourth-order valence-electron chi connectivity index (χ4n) is 3.47. The average molecular weight is 407 g/mol. The summed E-state index contributed by atoms with van der Waals surface area (Å²) in [5.41, 5.74) is 2.23. The summed E-state index contributed by atoms with van der Waals surface area (Å²) in [6, 6.07) is 13.4. The molecule has 3 rings (SSSR count). The van der Waals surface area contributed by atoms with E-state index in [0.29, 0.717) is 24.3 Å². The lowest BCUT2D eigenvalue weighted by atomic mass is 9.94. The quantitative estimate of drug-likeness (QED) is 0.303. The van der Waals surface area contributed by atoms with E-state index in [1.807, 2.05) is 31.2 Å². The molecular weight excluding hydrogens is 382 g/mol. The second-order valence-electron chi connectivity index (χ2n) is 7.10. The van der Waals surface area contributed by atoms with E-state index in [4.69, 9.17) is 4.74 Å². The van der Waals surface area contributed by atoms with Crippen molar-refractivity contribution in [3.8, 4) is 5.75 Å². The third-order valence-corrected chi connectivity index (χ3v) is 4.99. The molecule has 1 saturated heterocycles. The van der Waals surface area contributed by atoms with Crippen LogP contribution in [0.2, 0.25) is 0 Å². The molecule has 6 nitrogen and oxygen atoms in total. The largest absolute Gasteiger partial charge is 0.507 e. The molecule has 2 aromatic rings. The summed E-state index contributed by atoms with van der Waals surface area (Å²) in [4.78, 5) is 27.0. The number of carbonyl (C=O) groups is 2. The fourth-order valence-corrected chi connectivity index (χ4v) is 3.47. The number of ketones is 1. The lowest BCUT2D eigenvalue weighted by molar-refractivity contribution is -0.140. The van der Waals surface area contributed by atoms with Gasteiger partial charge in [-0.05, 0) is 43.2 Å². The summed E-state index contributed by atoms with van der Waals surface area (Å²) < 4.78 is 5.45. The lowest BCUT2D eigenvalue weighted by Crippen LogP contribution is -2.31. The minimum atomic E-state index is -0.733. The molecular formula is C24H25NO5. The normalized spacial score (nSPS) is 17.9. The Kier molecular flexibility index (Phi) is 6.69. The van der Waals surface area contributed by atoms with Gasteiger partial charge in [0.1, 0.15) is 18.1 Å². The molecule has 156 valence electrons. The van der Waals surface area contributed by atoms with Crippen molar-refractivity contribution >= 4 is 17.4 Å². The Morgan fingerprint density at radius 2 is 1.80 bits per heavy atom. The number of amides is 1. The van der Waals surface area contributed by atoms with E-state index >= 15 is 0 Å². The van der Waals surface area contributed by atoms with Crippen molar-refractivity contribution in [1.82, 2.24) is 4.90 Å². The van der Waals surface area contributed by atoms with Gasteiger partial charge >= 0.3 is 0 Å². The SMILES string of the molecule is C=CCOc1ccc(/C(O)=C2/C(=O)C(=O)N(CCCO)C2c2ccc(C)cc2)cc1. The molecule has 6 heteroatoms. The smallest absolute Gasteiger partial charge is 0.295 e. The van der Waals surface area contributed by atoms with Crippen LogP contribution in [0.4, 0.5) is 0 Å². The molecule has 0 spiro atoms. The first kappa shape index (κ1) is 21.3. The number of aliphatic hydroxyl groups is 2. The van der Waals surface area contributed by atoms with Crippen LogP contribution in [0.5, 0.6) is 5.75 Å². The van der Waals surface area contributed by atoms with Gasteiger partial charge in [0.15, 0.2) is 0 Å². The number of nitrogens with zero attached hydrogens (tertiary/aromatic N) is 1. The zero-order valence-electron chi connectivity index (χ0n) is 16.9. The van der Waals surface area contributed by atoms with Crippen molar-refractivity contribution in [2.45, 2.75) is 19.4 Å². The third-order valence-electron chi connectivity index (χ3n) is 4.99. The molecule has 1 fully saturated rings. The van der Waals surface area contributed by atoms with Crippen molar-refractivity contribution < 1.29 is 24.5 Å². The first-order chi connectivity index (χ1) is 14.5. The summed E-state index contributed by atoms with van der Waals surface area (Å²) in [5.74, 6) is -1.05. The topological polar surface area (TPSA) is 87.1 Å². The number of aryl methyl sites for hydroxylation is 1. The maximum atomic E-state index is 12.8. The van der Waals surface area contributed by atoms with Crippen LogP contribution >= 0.6 is 0 Å². The predicted octanol–water partition coefficient (Wildman–Crippen LogP) is 3.36. The van der Waals surface area contributed by atoms with Gasteiger partial charge in [-0.3, -0.25) is 9.59 Å². The Labute approximate surface area is 175 Å². The molecule has 0 aromatic heterocycles. The molecule has 0 saturated carbocycles. The van der Waals surface area contributed by atoms with Crippen molar-refractivity contribution in [2.75, 3.05) is 19.8 Å². The van der Waals surface area contributed by atoms with E-state index in [9.17, 15) is 19.8 Å². The highest BCUT2D eigenvalue weighted by molar-refractivity contribution is 6.46. The van der Waals surface area contributed by atoms with Crippen molar-refractivity contribution in [3.63, 3.8) is 0 Å². The van der Waals surface area contributed by atoms with E-state index in [2.05, 4.69) is 6.58 Å². The van der Waals surface area contributed by atoms with E-state index in [-0.39, 0.29) is 24.5 Å². The highest BCUT2D eigenvalue weighted by atomic mass is 16.5. The van der Waals surface area contributed by atoms with Gasteiger partial charge < -0.3 is 19.8 Å². The average Bonchev–Trinajstić information content (AvgIpc) is 3.01. The van der Waals surface area contributed by atoms with Gasteiger partial charge in [0, 0.05) is 18.7 Å². The number of rotatable bonds is 8. The van der Waals surface area contributed by atoms with Crippen LogP contribution in [0.1, 0.15) is 29.2 Å². The number of carbonyl (C=O) groups excluding carboxylic acids is 2. The van der Waals surface area contributed by atoms with Crippen molar-refractivity contribution in [2.24, 2.45) is 0 Å². The summed E-state index contributed by atoms with van der Waals surface area (Å²) in [5, 5.41) is 20.2. The highest BCUT2D eigenvalue weighted by Crippen LogP contribution is 2.39. The van der Waals surface area contributed by atoms with Crippen LogP contribution in [0.15, 0.2) is 66.8 Å². The van der Waals surface area contributed by atoms with Crippen LogP contribution in [0.3, 0.4) is 0 Å². The predicted molar refractivity (Wildman–Crippen MR) is 114 cm³/mol. The standard InChI is InChI=1S/C24H25NO5/c1-3-15-30-19-11-9-18(10-12-19)22(27)20-21(17-7-5-16(2)6-8-17)25(13-4-14-26)24(29)23(20)28/h3,5-12,21,26-27H,1,4,13-15H2,2H3/b22-20-. The van der Waals surface area contributed by atoms with Crippen molar-refractivity contribution in [1.29, 1.82) is 0 Å². The van der Waals surface area contributed by atoms with Gasteiger partial charge in [-0.2, -0.15) is 0 Å². The minimum absolute atomic E-state index is 0.0431. The minimum Gasteiger partial charge on any atom is -0.507 e. The molecule has 2 aromatic carbocycles. The number of hydrogen-bond donors (Lipinski definition) is 2. The van der Waals surface area contributed by atoms with Crippen LogP contribution in [-0.2, 0) is 9.59 Å². The Morgan fingerprint density at radius 1 is 1.13 bits per heavy atom.